The zero-order valence-corrected chi connectivity index (χ0v) is 13.6. The lowest BCUT2D eigenvalue weighted by atomic mass is 9.80. The lowest BCUT2D eigenvalue weighted by Crippen LogP contribution is -2.44. The molecule has 3 rings (SSSR count). The summed E-state index contributed by atoms with van der Waals surface area (Å²) in [7, 11) is -2.33. The van der Waals surface area contributed by atoms with E-state index in [0.29, 0.717) is 30.6 Å². The third-order valence-corrected chi connectivity index (χ3v) is 5.70. The van der Waals surface area contributed by atoms with E-state index in [1.54, 1.807) is 11.6 Å². The van der Waals surface area contributed by atoms with Gasteiger partial charge in [-0.3, -0.25) is 0 Å². The molecule has 0 atom stereocenters. The molecule has 2 N–H and O–H groups in total. The van der Waals surface area contributed by atoms with Crippen molar-refractivity contribution < 1.29 is 22.3 Å². The Hall–Kier alpha value is -1.91. The van der Waals surface area contributed by atoms with Crippen molar-refractivity contribution in [2.75, 3.05) is 0 Å². The lowest BCUT2D eigenvalue weighted by molar-refractivity contribution is 0.264. The number of sulfonamides is 1. The zero-order chi connectivity index (χ0) is 17.5. The van der Waals surface area contributed by atoms with Crippen molar-refractivity contribution in [1.29, 1.82) is 0 Å². The molecule has 1 aromatic heterocycles. The van der Waals surface area contributed by atoms with Gasteiger partial charge in [0.25, 0.3) is 0 Å². The van der Waals surface area contributed by atoms with Gasteiger partial charge in [0.15, 0.2) is 5.82 Å². The van der Waals surface area contributed by atoms with Crippen LogP contribution in [0.1, 0.15) is 30.4 Å². The molecule has 10 heteroatoms. The van der Waals surface area contributed by atoms with E-state index >= 15 is 0 Å². The maximum atomic E-state index is 13.7. The molecule has 1 aliphatic rings. The molecule has 0 bridgehead atoms. The van der Waals surface area contributed by atoms with Crippen molar-refractivity contribution in [3.63, 3.8) is 0 Å². The summed E-state index contributed by atoms with van der Waals surface area (Å²) in [6.45, 7) is -0.226. The van der Waals surface area contributed by atoms with Crippen LogP contribution in [0.25, 0.3) is 0 Å². The number of hydrogen-bond donors (Lipinski definition) is 2. The van der Waals surface area contributed by atoms with Crippen LogP contribution in [0.15, 0.2) is 23.1 Å². The lowest BCUT2D eigenvalue weighted by Gasteiger charge is -2.34. The van der Waals surface area contributed by atoms with Gasteiger partial charge in [-0.25, -0.2) is 21.9 Å². The molecule has 7 nitrogen and oxygen atoms in total. The predicted molar refractivity (Wildman–Crippen MR) is 79.4 cm³/mol. The highest BCUT2D eigenvalue weighted by Crippen LogP contribution is 2.36. The number of aromatic nitrogens is 3. The van der Waals surface area contributed by atoms with Gasteiger partial charge in [-0.05, 0) is 25.0 Å². The summed E-state index contributed by atoms with van der Waals surface area (Å²) in [6, 6.07) is 1.98. The summed E-state index contributed by atoms with van der Waals surface area (Å²) in [5.41, 5.74) is 0. The third kappa shape index (κ3) is 3.04. The second-order valence-corrected chi connectivity index (χ2v) is 7.44. The number of hydrogen-bond acceptors (Lipinski definition) is 5. The van der Waals surface area contributed by atoms with Crippen molar-refractivity contribution in [3.05, 3.63) is 41.5 Å². The van der Waals surface area contributed by atoms with Gasteiger partial charge in [0.05, 0.1) is 0 Å². The number of nitrogens with zero attached hydrogens (tertiary/aromatic N) is 3. The van der Waals surface area contributed by atoms with E-state index in [2.05, 4.69) is 14.9 Å². The molecule has 0 spiro atoms. The van der Waals surface area contributed by atoms with E-state index in [0.717, 1.165) is 12.1 Å². The molecule has 1 saturated carbocycles. The first kappa shape index (κ1) is 16.9. The van der Waals surface area contributed by atoms with Gasteiger partial charge < -0.3 is 9.67 Å². The van der Waals surface area contributed by atoms with Crippen LogP contribution in [0.4, 0.5) is 8.78 Å². The quantitative estimate of drug-likeness (QED) is 0.824. The molecular formula is C14H16F2N4O3S. The number of rotatable bonds is 5. The number of aliphatic hydroxyl groups excluding tert-OH is 1. The first-order valence-corrected chi connectivity index (χ1v) is 8.76. The van der Waals surface area contributed by atoms with E-state index < -0.39 is 26.6 Å². The Bertz CT molecular complexity index is 863. The monoisotopic (exact) mass is 358 g/mol. The van der Waals surface area contributed by atoms with Gasteiger partial charge >= 0.3 is 0 Å². The second-order valence-electron chi connectivity index (χ2n) is 5.75. The molecule has 1 heterocycles. The summed E-state index contributed by atoms with van der Waals surface area (Å²) < 4.78 is 55.0. The predicted octanol–water partition coefficient (Wildman–Crippen LogP) is 0.810. The highest BCUT2D eigenvalue weighted by atomic mass is 32.2. The van der Waals surface area contributed by atoms with E-state index in [1.165, 1.54) is 0 Å². The zero-order valence-electron chi connectivity index (χ0n) is 12.8. The van der Waals surface area contributed by atoms with Crippen LogP contribution < -0.4 is 4.72 Å². The Morgan fingerprint density at radius 1 is 1.33 bits per heavy atom. The molecule has 0 radical (unpaired) electrons. The standard InChI is InChI=1S/C14H16F2N4O3S/c1-20-13(7-21)17-18-14(20)8-4-10(5-8)19-24(22,23)12-3-2-9(15)6-11(12)16/h2-3,6,8,10,19,21H,4-5,7H2,1H3. The Kier molecular flexibility index (Phi) is 4.37. The number of benzene rings is 1. The fraction of sp³-hybridized carbons (Fsp3) is 0.429. The van der Waals surface area contributed by atoms with Crippen LogP contribution in [-0.4, -0.2) is 34.3 Å². The summed E-state index contributed by atoms with van der Waals surface area (Å²) in [4.78, 5) is -0.575. The Morgan fingerprint density at radius 2 is 2.04 bits per heavy atom. The first-order chi connectivity index (χ1) is 11.3. The van der Waals surface area contributed by atoms with Crippen molar-refractivity contribution in [2.24, 2.45) is 7.05 Å². The van der Waals surface area contributed by atoms with Gasteiger partial charge in [0.1, 0.15) is 29.0 Å². The van der Waals surface area contributed by atoms with Gasteiger partial charge in [-0.1, -0.05) is 0 Å². The molecule has 1 aliphatic carbocycles. The van der Waals surface area contributed by atoms with Crippen LogP contribution >= 0.6 is 0 Å². The Balaban J connectivity index is 1.67. The summed E-state index contributed by atoms with van der Waals surface area (Å²) in [5.74, 6) is -0.852. The van der Waals surface area contributed by atoms with Crippen LogP contribution in [0.2, 0.25) is 0 Å². The van der Waals surface area contributed by atoms with E-state index in [1.807, 2.05) is 0 Å². The average molecular weight is 358 g/mol. The second kappa shape index (κ2) is 6.19. The number of aliphatic hydroxyl groups is 1. The Morgan fingerprint density at radius 3 is 2.62 bits per heavy atom. The van der Waals surface area contributed by atoms with Crippen molar-refractivity contribution in [3.8, 4) is 0 Å². The average Bonchev–Trinajstić information content (AvgIpc) is 2.82. The molecular weight excluding hydrogens is 342 g/mol. The molecule has 130 valence electrons. The van der Waals surface area contributed by atoms with Crippen molar-refractivity contribution in [2.45, 2.75) is 36.3 Å². The molecule has 0 amide bonds. The highest BCUT2D eigenvalue weighted by Gasteiger charge is 2.37. The minimum absolute atomic E-state index is 0.00793. The Labute approximate surface area is 137 Å². The first-order valence-electron chi connectivity index (χ1n) is 7.28. The van der Waals surface area contributed by atoms with Gasteiger partial charge in [-0.15, -0.1) is 10.2 Å². The fourth-order valence-corrected chi connectivity index (χ4v) is 4.09. The van der Waals surface area contributed by atoms with Crippen LogP contribution in [0.3, 0.4) is 0 Å². The molecule has 2 aromatic rings. The normalized spacial score (nSPS) is 20.8. The SMILES string of the molecule is Cn1c(CO)nnc1C1CC(NS(=O)(=O)c2ccc(F)cc2F)C1. The van der Waals surface area contributed by atoms with E-state index in [4.69, 9.17) is 5.11 Å². The van der Waals surface area contributed by atoms with Gasteiger partial charge in [0.2, 0.25) is 10.0 Å². The molecule has 1 aromatic carbocycles. The minimum atomic E-state index is -4.06. The van der Waals surface area contributed by atoms with Crippen LogP contribution in [0.5, 0.6) is 0 Å². The third-order valence-electron chi connectivity index (χ3n) is 4.15. The maximum absolute atomic E-state index is 13.7. The molecule has 0 unspecified atom stereocenters. The highest BCUT2D eigenvalue weighted by molar-refractivity contribution is 7.89. The maximum Gasteiger partial charge on any atom is 0.243 e. The summed E-state index contributed by atoms with van der Waals surface area (Å²) in [6.07, 6.45) is 0.971. The fourth-order valence-electron chi connectivity index (χ4n) is 2.77. The molecule has 0 aliphatic heterocycles. The largest absolute Gasteiger partial charge is 0.388 e. The van der Waals surface area contributed by atoms with Crippen molar-refractivity contribution in [1.82, 2.24) is 19.5 Å². The van der Waals surface area contributed by atoms with Crippen LogP contribution in [0, 0.1) is 11.6 Å². The van der Waals surface area contributed by atoms with E-state index in [9.17, 15) is 17.2 Å². The smallest absolute Gasteiger partial charge is 0.243 e. The summed E-state index contributed by atoms with van der Waals surface area (Å²) in [5, 5.41) is 16.9. The summed E-state index contributed by atoms with van der Waals surface area (Å²) >= 11 is 0. The van der Waals surface area contributed by atoms with Crippen LogP contribution in [-0.2, 0) is 23.7 Å². The number of halogens is 2. The molecule has 0 saturated heterocycles. The molecule has 1 fully saturated rings. The van der Waals surface area contributed by atoms with Gasteiger partial charge in [0, 0.05) is 25.1 Å². The van der Waals surface area contributed by atoms with Crippen molar-refractivity contribution >= 4 is 10.0 Å². The molecule has 24 heavy (non-hydrogen) atoms. The van der Waals surface area contributed by atoms with Gasteiger partial charge in [-0.2, -0.15) is 0 Å². The minimum Gasteiger partial charge on any atom is -0.388 e. The topological polar surface area (TPSA) is 97.1 Å². The van der Waals surface area contributed by atoms with E-state index in [-0.39, 0.29) is 18.6 Å². The number of nitrogens with one attached hydrogen (secondary N) is 1.